The molecule has 1 aromatic rings. The Hall–Kier alpha value is -2.82. The number of hydrogen-bond donors (Lipinski definition) is 0. The fourth-order valence-corrected chi connectivity index (χ4v) is 3.92. The highest BCUT2D eigenvalue weighted by atomic mass is 16.5. The van der Waals surface area contributed by atoms with Gasteiger partial charge >= 0.3 is 5.97 Å². The van der Waals surface area contributed by atoms with Crippen molar-refractivity contribution in [3.8, 4) is 0 Å². The van der Waals surface area contributed by atoms with Crippen LogP contribution in [0.4, 0.5) is 5.69 Å². The van der Waals surface area contributed by atoms with E-state index in [9.17, 15) is 9.59 Å². The van der Waals surface area contributed by atoms with Crippen molar-refractivity contribution in [2.75, 3.05) is 32.6 Å². The van der Waals surface area contributed by atoms with E-state index in [1.165, 1.54) is 25.5 Å². The molecule has 0 spiro atoms. The molecule has 5 heteroatoms. The molecule has 3 rings (SSSR count). The van der Waals surface area contributed by atoms with Gasteiger partial charge in [-0.25, -0.2) is 4.79 Å². The number of nitrogens with zero attached hydrogens (tertiary/aromatic N) is 2. The van der Waals surface area contributed by atoms with E-state index >= 15 is 0 Å². The summed E-state index contributed by atoms with van der Waals surface area (Å²) >= 11 is 0. The monoisotopic (exact) mass is 394 g/mol. The van der Waals surface area contributed by atoms with Crippen LogP contribution in [0.3, 0.4) is 0 Å². The normalized spacial score (nSPS) is 18.3. The summed E-state index contributed by atoms with van der Waals surface area (Å²) < 4.78 is 4.98. The second-order valence-corrected chi connectivity index (χ2v) is 7.81. The van der Waals surface area contributed by atoms with Crippen molar-refractivity contribution in [1.82, 2.24) is 4.90 Å². The van der Waals surface area contributed by atoms with Gasteiger partial charge in [0, 0.05) is 32.0 Å². The third-order valence-corrected chi connectivity index (χ3v) is 5.66. The van der Waals surface area contributed by atoms with Crippen LogP contribution >= 0.6 is 0 Å². The van der Waals surface area contributed by atoms with Crippen LogP contribution in [0.2, 0.25) is 0 Å². The number of allylic oxidation sites excluding steroid dienone is 2. The lowest BCUT2D eigenvalue weighted by molar-refractivity contribution is -0.136. The highest BCUT2D eigenvalue weighted by Crippen LogP contribution is 2.33. The zero-order valence-corrected chi connectivity index (χ0v) is 17.8. The molecule has 0 saturated heterocycles. The topological polar surface area (TPSA) is 49.9 Å². The molecule has 0 aromatic heterocycles. The minimum Gasteiger partial charge on any atom is -0.465 e. The quantitative estimate of drug-likeness (QED) is 0.410. The predicted molar refractivity (Wildman–Crippen MR) is 116 cm³/mol. The van der Waals surface area contributed by atoms with Crippen LogP contribution < -0.4 is 4.90 Å². The van der Waals surface area contributed by atoms with Crippen molar-refractivity contribution in [3.05, 3.63) is 58.3 Å². The molecule has 0 N–H and O–H groups in total. The second kappa shape index (κ2) is 9.12. The molecular formula is C24H30N2O3. The van der Waals surface area contributed by atoms with E-state index in [1.807, 2.05) is 50.2 Å². The minimum absolute atomic E-state index is 0.129. The summed E-state index contributed by atoms with van der Waals surface area (Å²) in [4.78, 5) is 29.4. The fraction of sp³-hybridized carbons (Fsp3) is 0.417. The van der Waals surface area contributed by atoms with Gasteiger partial charge in [-0.3, -0.25) is 4.79 Å². The second-order valence-electron chi connectivity index (χ2n) is 7.81. The summed E-state index contributed by atoms with van der Waals surface area (Å²) in [5.41, 5.74) is 4.82. The number of anilines is 1. The number of ether oxygens (including phenoxy) is 1. The van der Waals surface area contributed by atoms with E-state index in [0.717, 1.165) is 30.5 Å². The molecule has 29 heavy (non-hydrogen) atoms. The lowest BCUT2D eigenvalue weighted by Gasteiger charge is -2.20. The van der Waals surface area contributed by atoms with Crippen molar-refractivity contribution in [2.24, 2.45) is 0 Å². The molecule has 0 bridgehead atoms. The van der Waals surface area contributed by atoms with Gasteiger partial charge in [0.05, 0.1) is 18.3 Å². The van der Waals surface area contributed by atoms with E-state index < -0.39 is 5.97 Å². The van der Waals surface area contributed by atoms with Crippen molar-refractivity contribution >= 4 is 23.6 Å². The van der Waals surface area contributed by atoms with Crippen molar-refractivity contribution in [1.29, 1.82) is 0 Å². The number of methoxy groups -OCH3 is 1. The zero-order chi connectivity index (χ0) is 21.0. The van der Waals surface area contributed by atoms with Crippen LogP contribution in [0.25, 0.3) is 6.08 Å². The first-order chi connectivity index (χ1) is 13.9. The molecule has 0 radical (unpaired) electrons. The van der Waals surface area contributed by atoms with Crippen LogP contribution in [0.1, 0.15) is 44.6 Å². The van der Waals surface area contributed by atoms with Crippen molar-refractivity contribution < 1.29 is 14.3 Å². The highest BCUT2D eigenvalue weighted by Gasteiger charge is 2.36. The smallest absolute Gasteiger partial charge is 0.340 e. The van der Waals surface area contributed by atoms with Crippen molar-refractivity contribution in [2.45, 2.75) is 39.0 Å². The summed E-state index contributed by atoms with van der Waals surface area (Å²) in [7, 11) is 5.32. The Labute approximate surface area is 173 Å². The largest absolute Gasteiger partial charge is 0.465 e. The SMILES string of the molecule is COC(=O)C1=C(C)N(CCC2=CCCCC2)C(=O)/C1=C\c1ccc(N(C)C)cc1. The molecule has 1 aliphatic carbocycles. The van der Waals surface area contributed by atoms with Gasteiger partial charge in [-0.2, -0.15) is 0 Å². The highest BCUT2D eigenvalue weighted by molar-refractivity contribution is 6.16. The Bertz CT molecular complexity index is 876. The molecule has 0 atom stereocenters. The zero-order valence-electron chi connectivity index (χ0n) is 17.8. The molecule has 0 unspecified atom stereocenters. The Morgan fingerprint density at radius 3 is 2.52 bits per heavy atom. The van der Waals surface area contributed by atoms with E-state index in [2.05, 4.69) is 6.08 Å². The van der Waals surface area contributed by atoms with E-state index in [0.29, 0.717) is 23.4 Å². The number of benzene rings is 1. The molecule has 1 amide bonds. The summed E-state index contributed by atoms with van der Waals surface area (Å²) in [5.74, 6) is -0.595. The molecule has 1 aliphatic heterocycles. The van der Waals surface area contributed by atoms with Gasteiger partial charge in [-0.05, 0) is 62.8 Å². The summed E-state index contributed by atoms with van der Waals surface area (Å²) in [6, 6.07) is 7.89. The fourth-order valence-electron chi connectivity index (χ4n) is 3.92. The Morgan fingerprint density at radius 1 is 1.21 bits per heavy atom. The van der Waals surface area contributed by atoms with Crippen LogP contribution in [0.5, 0.6) is 0 Å². The minimum atomic E-state index is -0.466. The summed E-state index contributed by atoms with van der Waals surface area (Å²) in [5, 5.41) is 0. The molecule has 0 fully saturated rings. The molecular weight excluding hydrogens is 364 g/mol. The van der Waals surface area contributed by atoms with E-state index in [4.69, 9.17) is 4.74 Å². The summed E-state index contributed by atoms with van der Waals surface area (Å²) in [6.07, 6.45) is 9.63. The molecule has 5 nitrogen and oxygen atoms in total. The molecule has 0 saturated carbocycles. The van der Waals surface area contributed by atoms with Gasteiger partial charge in [0.15, 0.2) is 0 Å². The van der Waals surface area contributed by atoms with Gasteiger partial charge in [-0.15, -0.1) is 0 Å². The van der Waals surface area contributed by atoms with Gasteiger partial charge in [0.2, 0.25) is 0 Å². The maximum Gasteiger partial charge on any atom is 0.340 e. The Balaban J connectivity index is 1.88. The van der Waals surface area contributed by atoms with Crippen LogP contribution in [0.15, 0.2) is 52.8 Å². The number of carbonyl (C=O) groups is 2. The van der Waals surface area contributed by atoms with Gasteiger partial charge < -0.3 is 14.5 Å². The predicted octanol–water partition coefficient (Wildman–Crippen LogP) is 4.32. The molecule has 1 aromatic carbocycles. The van der Waals surface area contributed by atoms with Crippen LogP contribution in [-0.2, 0) is 14.3 Å². The lowest BCUT2D eigenvalue weighted by atomic mass is 9.97. The van der Waals surface area contributed by atoms with Gasteiger partial charge in [0.25, 0.3) is 5.91 Å². The Kier molecular flexibility index (Phi) is 6.57. The number of amides is 1. The first-order valence-electron chi connectivity index (χ1n) is 10.2. The average molecular weight is 395 g/mol. The third kappa shape index (κ3) is 4.61. The lowest BCUT2D eigenvalue weighted by Crippen LogP contribution is -2.26. The van der Waals surface area contributed by atoms with Gasteiger partial charge in [-0.1, -0.05) is 23.8 Å². The average Bonchev–Trinajstić information content (AvgIpc) is 2.96. The van der Waals surface area contributed by atoms with E-state index in [1.54, 1.807) is 11.0 Å². The Morgan fingerprint density at radius 2 is 1.93 bits per heavy atom. The molecule has 2 aliphatic rings. The number of carbonyl (C=O) groups excluding carboxylic acids is 2. The number of rotatable bonds is 6. The maximum atomic E-state index is 13.2. The van der Waals surface area contributed by atoms with E-state index in [-0.39, 0.29) is 5.91 Å². The van der Waals surface area contributed by atoms with Crippen LogP contribution in [0, 0.1) is 0 Å². The maximum absolute atomic E-state index is 13.2. The first-order valence-corrected chi connectivity index (χ1v) is 10.2. The van der Waals surface area contributed by atoms with Gasteiger partial charge in [0.1, 0.15) is 0 Å². The molecule has 1 heterocycles. The standard InChI is InChI=1S/C24H30N2O3/c1-17-22(24(28)29-4)21(16-19-10-12-20(13-11-19)25(2)3)23(27)26(17)15-14-18-8-6-5-7-9-18/h8,10-13,16H,5-7,9,14-15H2,1-4H3/b21-16-. The third-order valence-electron chi connectivity index (χ3n) is 5.66. The van der Waals surface area contributed by atoms with Crippen LogP contribution in [-0.4, -0.2) is 44.5 Å². The number of esters is 1. The number of hydrogen-bond acceptors (Lipinski definition) is 4. The molecule has 154 valence electrons. The van der Waals surface area contributed by atoms with Crippen molar-refractivity contribution in [3.63, 3.8) is 0 Å². The first kappa shape index (κ1) is 20.9. The summed E-state index contributed by atoms with van der Waals surface area (Å²) in [6.45, 7) is 2.42.